The Kier molecular flexibility index (Phi) is 2.48. The summed E-state index contributed by atoms with van der Waals surface area (Å²) >= 11 is 0. The van der Waals surface area contributed by atoms with Gasteiger partial charge >= 0.3 is 0 Å². The fraction of sp³-hybridized carbons (Fsp3) is 0.455. The van der Waals surface area contributed by atoms with E-state index in [9.17, 15) is 4.39 Å². The predicted octanol–water partition coefficient (Wildman–Crippen LogP) is 2.95. The zero-order valence-corrected chi connectivity index (χ0v) is 7.42. The first kappa shape index (κ1) is 8.54. The van der Waals surface area contributed by atoms with E-state index in [1.807, 2.05) is 0 Å². The van der Waals surface area contributed by atoms with Crippen LogP contribution >= 0.6 is 0 Å². The molecule has 0 spiro atoms. The molecule has 1 fully saturated rings. The number of hydrogen-bond acceptors (Lipinski definition) is 1. The molecule has 2 rings (SSSR count). The summed E-state index contributed by atoms with van der Waals surface area (Å²) in [4.78, 5) is 0. The number of rotatable bonds is 2. The standard InChI is InChI=1S/C11H12FO/c12-10-7-3-4-8-11(10)13-9-5-1-2-6-9/h4,7-9H,1-2,5-6H2. The Labute approximate surface area is 77.5 Å². The lowest BCUT2D eigenvalue weighted by molar-refractivity contribution is 0.200. The summed E-state index contributed by atoms with van der Waals surface area (Å²) in [6.45, 7) is 0. The maximum atomic E-state index is 13.1. The second-order valence-corrected chi connectivity index (χ2v) is 3.38. The van der Waals surface area contributed by atoms with E-state index >= 15 is 0 Å². The molecule has 1 aromatic rings. The number of ether oxygens (including phenoxy) is 1. The summed E-state index contributed by atoms with van der Waals surface area (Å²) in [5, 5.41) is 0. The van der Waals surface area contributed by atoms with Gasteiger partial charge in [-0.2, -0.15) is 0 Å². The molecule has 0 atom stereocenters. The SMILES string of the molecule is Fc1c[c]ccc1OC1CCCC1. The highest BCUT2D eigenvalue weighted by Crippen LogP contribution is 2.25. The lowest BCUT2D eigenvalue weighted by Gasteiger charge is -2.12. The summed E-state index contributed by atoms with van der Waals surface area (Å²) in [7, 11) is 0. The van der Waals surface area contributed by atoms with E-state index in [-0.39, 0.29) is 11.9 Å². The van der Waals surface area contributed by atoms with Crippen LogP contribution < -0.4 is 4.74 Å². The topological polar surface area (TPSA) is 9.23 Å². The van der Waals surface area contributed by atoms with Crippen molar-refractivity contribution in [2.45, 2.75) is 31.8 Å². The summed E-state index contributed by atoms with van der Waals surface area (Å²) in [6, 6.07) is 7.29. The number of hydrogen-bond donors (Lipinski definition) is 0. The first-order chi connectivity index (χ1) is 6.36. The lowest BCUT2D eigenvalue weighted by atomic mass is 10.3. The maximum Gasteiger partial charge on any atom is 0.165 e. The molecule has 1 radical (unpaired) electrons. The highest BCUT2D eigenvalue weighted by molar-refractivity contribution is 5.23. The lowest BCUT2D eigenvalue weighted by Crippen LogP contribution is -2.11. The molecule has 0 bridgehead atoms. The van der Waals surface area contributed by atoms with Gasteiger partial charge in [-0.15, -0.1) is 0 Å². The van der Waals surface area contributed by atoms with Gasteiger partial charge in [-0.3, -0.25) is 0 Å². The molecule has 69 valence electrons. The predicted molar refractivity (Wildman–Crippen MR) is 48.1 cm³/mol. The minimum atomic E-state index is -0.311. The summed E-state index contributed by atoms with van der Waals surface area (Å²) in [5.74, 6) is 0.0556. The molecule has 1 aromatic carbocycles. The maximum absolute atomic E-state index is 13.1. The van der Waals surface area contributed by atoms with Gasteiger partial charge in [0.25, 0.3) is 0 Å². The van der Waals surface area contributed by atoms with Crippen LogP contribution in [0.25, 0.3) is 0 Å². The summed E-state index contributed by atoms with van der Waals surface area (Å²) < 4.78 is 18.6. The zero-order chi connectivity index (χ0) is 9.10. The zero-order valence-electron chi connectivity index (χ0n) is 7.42. The summed E-state index contributed by atoms with van der Waals surface area (Å²) in [6.07, 6.45) is 4.73. The molecule has 13 heavy (non-hydrogen) atoms. The smallest absolute Gasteiger partial charge is 0.165 e. The molecule has 0 amide bonds. The van der Waals surface area contributed by atoms with E-state index in [2.05, 4.69) is 6.07 Å². The first-order valence-electron chi connectivity index (χ1n) is 4.68. The van der Waals surface area contributed by atoms with E-state index in [0.29, 0.717) is 5.75 Å². The molecule has 0 unspecified atom stereocenters. The van der Waals surface area contributed by atoms with Crippen molar-refractivity contribution in [1.82, 2.24) is 0 Å². The van der Waals surface area contributed by atoms with Crippen molar-refractivity contribution in [2.75, 3.05) is 0 Å². The monoisotopic (exact) mass is 179 g/mol. The molecule has 0 aromatic heterocycles. The van der Waals surface area contributed by atoms with Crippen molar-refractivity contribution in [1.29, 1.82) is 0 Å². The van der Waals surface area contributed by atoms with Gasteiger partial charge in [0.05, 0.1) is 6.10 Å². The Morgan fingerprint density at radius 2 is 2.15 bits per heavy atom. The van der Waals surface area contributed by atoms with Crippen LogP contribution in [0.1, 0.15) is 25.7 Å². The Morgan fingerprint density at radius 3 is 2.85 bits per heavy atom. The van der Waals surface area contributed by atoms with Crippen molar-refractivity contribution in [3.05, 3.63) is 30.1 Å². The number of halogens is 1. The summed E-state index contributed by atoms with van der Waals surface area (Å²) in [5.41, 5.74) is 0. The Hall–Kier alpha value is -1.05. The minimum Gasteiger partial charge on any atom is -0.487 e. The van der Waals surface area contributed by atoms with Gasteiger partial charge in [0, 0.05) is 0 Å². The van der Waals surface area contributed by atoms with Crippen molar-refractivity contribution in [3.8, 4) is 5.75 Å². The van der Waals surface area contributed by atoms with E-state index < -0.39 is 0 Å². The Morgan fingerprint density at radius 1 is 1.38 bits per heavy atom. The van der Waals surface area contributed by atoms with Gasteiger partial charge in [-0.1, -0.05) is 6.07 Å². The normalized spacial score (nSPS) is 17.6. The van der Waals surface area contributed by atoms with Crippen LogP contribution in [0, 0.1) is 11.9 Å². The third-order valence-electron chi connectivity index (χ3n) is 2.37. The molecule has 1 nitrogen and oxygen atoms in total. The van der Waals surface area contributed by atoms with Crippen LogP contribution in [0.2, 0.25) is 0 Å². The van der Waals surface area contributed by atoms with Gasteiger partial charge in [0.2, 0.25) is 0 Å². The molecule has 0 N–H and O–H groups in total. The fourth-order valence-electron chi connectivity index (χ4n) is 1.68. The largest absolute Gasteiger partial charge is 0.487 e. The molecule has 1 saturated carbocycles. The van der Waals surface area contributed by atoms with Crippen LogP contribution in [0.3, 0.4) is 0 Å². The molecule has 0 saturated heterocycles. The van der Waals surface area contributed by atoms with Crippen LogP contribution in [0.15, 0.2) is 18.2 Å². The molecule has 0 aliphatic heterocycles. The molecular formula is C11H12FO. The van der Waals surface area contributed by atoms with Crippen LogP contribution in [0.5, 0.6) is 5.75 Å². The van der Waals surface area contributed by atoms with E-state index in [1.54, 1.807) is 12.1 Å². The Bertz CT molecular complexity index is 279. The van der Waals surface area contributed by atoms with E-state index in [1.165, 1.54) is 18.9 Å². The highest BCUT2D eigenvalue weighted by Gasteiger charge is 2.17. The van der Waals surface area contributed by atoms with E-state index in [4.69, 9.17) is 4.74 Å². The van der Waals surface area contributed by atoms with Crippen LogP contribution in [-0.2, 0) is 0 Å². The van der Waals surface area contributed by atoms with Gasteiger partial charge in [0.15, 0.2) is 11.6 Å². The van der Waals surface area contributed by atoms with Crippen molar-refractivity contribution in [3.63, 3.8) is 0 Å². The highest BCUT2D eigenvalue weighted by atomic mass is 19.1. The second kappa shape index (κ2) is 3.77. The molecule has 1 aliphatic carbocycles. The van der Waals surface area contributed by atoms with Crippen LogP contribution in [0.4, 0.5) is 4.39 Å². The van der Waals surface area contributed by atoms with Gasteiger partial charge in [-0.05, 0) is 43.9 Å². The van der Waals surface area contributed by atoms with Gasteiger partial charge in [-0.25, -0.2) is 4.39 Å². The van der Waals surface area contributed by atoms with Crippen molar-refractivity contribution >= 4 is 0 Å². The number of benzene rings is 1. The molecule has 0 heterocycles. The Balaban J connectivity index is 2.04. The quantitative estimate of drug-likeness (QED) is 0.678. The second-order valence-electron chi connectivity index (χ2n) is 3.38. The molecule has 1 aliphatic rings. The molecule has 2 heteroatoms. The van der Waals surface area contributed by atoms with Crippen LogP contribution in [-0.4, -0.2) is 6.10 Å². The average Bonchev–Trinajstić information content (AvgIpc) is 2.61. The van der Waals surface area contributed by atoms with E-state index in [0.717, 1.165) is 12.8 Å². The minimum absolute atomic E-state index is 0.219. The van der Waals surface area contributed by atoms with Gasteiger partial charge in [0.1, 0.15) is 0 Å². The third kappa shape index (κ3) is 2.00. The first-order valence-corrected chi connectivity index (χ1v) is 4.68. The van der Waals surface area contributed by atoms with Crippen molar-refractivity contribution in [2.24, 2.45) is 0 Å². The van der Waals surface area contributed by atoms with Crippen molar-refractivity contribution < 1.29 is 9.13 Å². The van der Waals surface area contributed by atoms with Gasteiger partial charge < -0.3 is 4.74 Å². The molecular weight excluding hydrogens is 167 g/mol. The fourth-order valence-corrected chi connectivity index (χ4v) is 1.68. The average molecular weight is 179 g/mol. The third-order valence-corrected chi connectivity index (χ3v) is 2.37.